The molecule has 5 nitrogen and oxygen atoms in total. The number of ether oxygens (including phenoxy) is 1. The summed E-state index contributed by atoms with van der Waals surface area (Å²) >= 11 is 0. The number of hydrogen-bond donors (Lipinski definition) is 1. The average Bonchev–Trinajstić information content (AvgIpc) is 2.82. The Labute approximate surface area is 132 Å². The second-order valence-electron chi connectivity index (χ2n) is 5.49. The summed E-state index contributed by atoms with van der Waals surface area (Å²) in [6, 6.07) is 7.33. The molecule has 5 heteroatoms. The molecule has 0 bridgehead atoms. The molecule has 120 valence electrons. The molecular formula is C17H25N3O2. The zero-order chi connectivity index (χ0) is 15.8. The van der Waals surface area contributed by atoms with Crippen LogP contribution in [-0.2, 0) is 11.3 Å². The molecule has 0 radical (unpaired) electrons. The highest BCUT2D eigenvalue weighted by Gasteiger charge is 2.10. The molecule has 1 heterocycles. The number of nitrogens with zero attached hydrogens (tertiary/aromatic N) is 2. The number of esters is 1. The van der Waals surface area contributed by atoms with Gasteiger partial charge in [0.05, 0.1) is 18.7 Å². The van der Waals surface area contributed by atoms with Crippen molar-refractivity contribution in [2.45, 2.75) is 39.2 Å². The molecule has 0 unspecified atom stereocenters. The average molecular weight is 303 g/mol. The van der Waals surface area contributed by atoms with E-state index < -0.39 is 0 Å². The summed E-state index contributed by atoms with van der Waals surface area (Å²) in [7, 11) is 0. The van der Waals surface area contributed by atoms with Crippen molar-refractivity contribution in [2.24, 2.45) is 10.7 Å². The quantitative estimate of drug-likeness (QED) is 0.527. The first-order chi connectivity index (χ1) is 10.7. The number of benzene rings is 1. The van der Waals surface area contributed by atoms with E-state index >= 15 is 0 Å². The second-order valence-corrected chi connectivity index (χ2v) is 5.49. The lowest BCUT2D eigenvalue weighted by molar-refractivity contribution is 0.0526. The third kappa shape index (κ3) is 4.76. The molecule has 0 amide bonds. The largest absolute Gasteiger partial charge is 0.462 e. The molecule has 0 saturated carbocycles. The predicted molar refractivity (Wildman–Crippen MR) is 87.8 cm³/mol. The summed E-state index contributed by atoms with van der Waals surface area (Å²) in [5, 5.41) is 0. The minimum Gasteiger partial charge on any atom is -0.462 e. The van der Waals surface area contributed by atoms with Crippen LogP contribution in [0.3, 0.4) is 0 Å². The maximum Gasteiger partial charge on any atom is 0.338 e. The molecular weight excluding hydrogens is 278 g/mol. The van der Waals surface area contributed by atoms with Crippen molar-refractivity contribution in [1.29, 1.82) is 0 Å². The standard InChI is InChI=1S/C17H25N3O2/c1-2-22-16(21)15-9-7-14(8-10-15)13-19-17(18)20-11-5-3-4-6-12-20/h7-10H,2-6,11-13H2,1H3,(H2,18,19). The van der Waals surface area contributed by atoms with Gasteiger partial charge in [-0.25, -0.2) is 9.79 Å². The van der Waals surface area contributed by atoms with Gasteiger partial charge in [0.2, 0.25) is 0 Å². The van der Waals surface area contributed by atoms with Gasteiger partial charge in [-0.15, -0.1) is 0 Å². The maximum absolute atomic E-state index is 11.6. The smallest absolute Gasteiger partial charge is 0.338 e. The van der Waals surface area contributed by atoms with Crippen LogP contribution in [0, 0.1) is 0 Å². The van der Waals surface area contributed by atoms with Gasteiger partial charge >= 0.3 is 5.97 Å². The lowest BCUT2D eigenvalue weighted by Crippen LogP contribution is -2.38. The van der Waals surface area contributed by atoms with Crippen LogP contribution < -0.4 is 5.73 Å². The van der Waals surface area contributed by atoms with E-state index in [9.17, 15) is 4.79 Å². The molecule has 2 rings (SSSR count). The van der Waals surface area contributed by atoms with Crippen LogP contribution in [0.5, 0.6) is 0 Å². The van der Waals surface area contributed by atoms with Crippen LogP contribution >= 0.6 is 0 Å². The Morgan fingerprint density at radius 2 is 1.82 bits per heavy atom. The van der Waals surface area contributed by atoms with E-state index in [0.717, 1.165) is 18.7 Å². The van der Waals surface area contributed by atoms with Crippen molar-refractivity contribution in [1.82, 2.24) is 4.90 Å². The minimum atomic E-state index is -0.290. The van der Waals surface area contributed by atoms with Crippen LogP contribution in [0.2, 0.25) is 0 Å². The van der Waals surface area contributed by atoms with Crippen molar-refractivity contribution in [3.05, 3.63) is 35.4 Å². The van der Waals surface area contributed by atoms with E-state index in [1.165, 1.54) is 25.7 Å². The third-order valence-corrected chi connectivity index (χ3v) is 3.82. The van der Waals surface area contributed by atoms with Crippen molar-refractivity contribution >= 4 is 11.9 Å². The molecule has 1 fully saturated rings. The van der Waals surface area contributed by atoms with Crippen LogP contribution in [0.25, 0.3) is 0 Å². The van der Waals surface area contributed by atoms with Gasteiger partial charge in [-0.05, 0) is 37.5 Å². The lowest BCUT2D eigenvalue weighted by Gasteiger charge is -2.21. The van der Waals surface area contributed by atoms with Gasteiger partial charge in [0.15, 0.2) is 5.96 Å². The molecule has 0 aliphatic carbocycles. The highest BCUT2D eigenvalue weighted by molar-refractivity contribution is 5.89. The van der Waals surface area contributed by atoms with Crippen LogP contribution in [0.4, 0.5) is 0 Å². The predicted octanol–water partition coefficient (Wildman–Crippen LogP) is 2.55. The van der Waals surface area contributed by atoms with Gasteiger partial charge < -0.3 is 15.4 Å². The molecule has 1 aliphatic rings. The van der Waals surface area contributed by atoms with Gasteiger partial charge in [-0.3, -0.25) is 0 Å². The first kappa shape index (κ1) is 16.3. The maximum atomic E-state index is 11.6. The zero-order valence-corrected chi connectivity index (χ0v) is 13.3. The van der Waals surface area contributed by atoms with Gasteiger partial charge in [0.1, 0.15) is 0 Å². The first-order valence-corrected chi connectivity index (χ1v) is 8.01. The van der Waals surface area contributed by atoms with Crippen molar-refractivity contribution in [3.63, 3.8) is 0 Å². The fraction of sp³-hybridized carbons (Fsp3) is 0.529. The Bertz CT molecular complexity index is 503. The molecule has 1 aromatic rings. The van der Waals surface area contributed by atoms with Crippen molar-refractivity contribution in [2.75, 3.05) is 19.7 Å². The van der Waals surface area contributed by atoms with E-state index in [4.69, 9.17) is 10.5 Å². The Morgan fingerprint density at radius 3 is 2.41 bits per heavy atom. The Kier molecular flexibility index (Phi) is 6.25. The molecule has 0 atom stereocenters. The molecule has 22 heavy (non-hydrogen) atoms. The Balaban J connectivity index is 1.92. The number of rotatable bonds is 4. The summed E-state index contributed by atoms with van der Waals surface area (Å²) in [4.78, 5) is 18.2. The highest BCUT2D eigenvalue weighted by Crippen LogP contribution is 2.10. The van der Waals surface area contributed by atoms with E-state index in [-0.39, 0.29) is 5.97 Å². The molecule has 1 saturated heterocycles. The van der Waals surface area contributed by atoms with Crippen LogP contribution in [0.15, 0.2) is 29.3 Å². The van der Waals surface area contributed by atoms with E-state index in [0.29, 0.717) is 24.7 Å². The number of nitrogens with two attached hydrogens (primary N) is 1. The molecule has 0 spiro atoms. The van der Waals surface area contributed by atoms with Gasteiger partial charge in [-0.1, -0.05) is 25.0 Å². The molecule has 1 aliphatic heterocycles. The zero-order valence-electron chi connectivity index (χ0n) is 13.3. The number of carbonyl (C=O) groups excluding carboxylic acids is 1. The van der Waals surface area contributed by atoms with E-state index in [1.54, 1.807) is 19.1 Å². The summed E-state index contributed by atoms with van der Waals surface area (Å²) in [5.74, 6) is 0.331. The Morgan fingerprint density at radius 1 is 1.18 bits per heavy atom. The van der Waals surface area contributed by atoms with E-state index in [1.807, 2.05) is 12.1 Å². The lowest BCUT2D eigenvalue weighted by atomic mass is 10.1. The number of aliphatic imine (C=N–C) groups is 1. The number of guanidine groups is 1. The third-order valence-electron chi connectivity index (χ3n) is 3.82. The molecule has 2 N–H and O–H groups in total. The summed E-state index contributed by atoms with van der Waals surface area (Å²) in [5.41, 5.74) is 7.68. The molecule has 1 aromatic carbocycles. The summed E-state index contributed by atoms with van der Waals surface area (Å²) in [6.07, 6.45) is 4.92. The first-order valence-electron chi connectivity index (χ1n) is 8.01. The van der Waals surface area contributed by atoms with Crippen molar-refractivity contribution < 1.29 is 9.53 Å². The highest BCUT2D eigenvalue weighted by atomic mass is 16.5. The fourth-order valence-electron chi connectivity index (χ4n) is 2.53. The fourth-order valence-corrected chi connectivity index (χ4v) is 2.53. The minimum absolute atomic E-state index is 0.290. The normalized spacial score (nSPS) is 16.2. The number of carbonyl (C=O) groups is 1. The van der Waals surface area contributed by atoms with Gasteiger partial charge in [-0.2, -0.15) is 0 Å². The van der Waals surface area contributed by atoms with Crippen molar-refractivity contribution in [3.8, 4) is 0 Å². The summed E-state index contributed by atoms with van der Waals surface area (Å²) < 4.78 is 4.96. The van der Waals surface area contributed by atoms with Gasteiger partial charge in [0.25, 0.3) is 0 Å². The monoisotopic (exact) mass is 303 g/mol. The van der Waals surface area contributed by atoms with Crippen LogP contribution in [-0.4, -0.2) is 36.5 Å². The molecule has 0 aromatic heterocycles. The van der Waals surface area contributed by atoms with Gasteiger partial charge in [0, 0.05) is 13.1 Å². The van der Waals surface area contributed by atoms with E-state index in [2.05, 4.69) is 9.89 Å². The van der Waals surface area contributed by atoms with Crippen LogP contribution in [0.1, 0.15) is 48.5 Å². The topological polar surface area (TPSA) is 67.9 Å². The number of likely N-dealkylation sites (tertiary alicyclic amines) is 1. The summed E-state index contributed by atoms with van der Waals surface area (Å²) in [6.45, 7) is 4.71. The Hall–Kier alpha value is -2.04. The number of hydrogen-bond acceptors (Lipinski definition) is 3. The second kappa shape index (κ2) is 8.41. The SMILES string of the molecule is CCOC(=O)c1ccc(CN=C(N)N2CCCCCC2)cc1.